The first-order chi connectivity index (χ1) is 7.56. The van der Waals surface area contributed by atoms with Crippen LogP contribution in [0.5, 0.6) is 0 Å². The third-order valence-corrected chi connectivity index (χ3v) is 2.17. The molecule has 0 aliphatic heterocycles. The van der Waals surface area contributed by atoms with E-state index in [0.29, 0.717) is 6.54 Å². The van der Waals surface area contributed by atoms with Crippen LogP contribution in [0.2, 0.25) is 0 Å². The second kappa shape index (κ2) is 5.55. The number of rotatable bonds is 4. The average molecular weight is 228 g/mol. The number of carbonyl (C=O) groups excluding carboxylic acids is 1. The van der Waals surface area contributed by atoms with Crippen molar-refractivity contribution < 1.29 is 13.6 Å². The van der Waals surface area contributed by atoms with E-state index in [9.17, 15) is 13.6 Å². The normalized spacial score (nSPS) is 12.2. The van der Waals surface area contributed by atoms with Crippen molar-refractivity contribution in [3.05, 3.63) is 29.8 Å². The van der Waals surface area contributed by atoms with Gasteiger partial charge in [-0.15, -0.1) is 0 Å². The third-order valence-electron chi connectivity index (χ3n) is 2.17. The summed E-state index contributed by atoms with van der Waals surface area (Å²) in [6, 6.07) is 3.44. The SMILES string of the molecule is CNCC(C)C(=O)Nc1c(F)cccc1F. The Morgan fingerprint density at radius 3 is 2.44 bits per heavy atom. The molecule has 0 fully saturated rings. The summed E-state index contributed by atoms with van der Waals surface area (Å²) >= 11 is 0. The highest BCUT2D eigenvalue weighted by molar-refractivity contribution is 5.92. The van der Waals surface area contributed by atoms with Crippen molar-refractivity contribution in [2.24, 2.45) is 5.92 Å². The molecule has 1 aromatic carbocycles. The van der Waals surface area contributed by atoms with Crippen molar-refractivity contribution in [1.29, 1.82) is 0 Å². The lowest BCUT2D eigenvalue weighted by Crippen LogP contribution is -2.29. The predicted molar refractivity (Wildman–Crippen MR) is 58.1 cm³/mol. The number of halogens is 2. The molecule has 1 rings (SSSR count). The number of hydrogen-bond donors (Lipinski definition) is 2. The fourth-order valence-electron chi connectivity index (χ4n) is 1.26. The Labute approximate surface area is 92.8 Å². The summed E-state index contributed by atoms with van der Waals surface area (Å²) in [6.07, 6.45) is 0. The quantitative estimate of drug-likeness (QED) is 0.824. The van der Waals surface area contributed by atoms with Crippen LogP contribution in [0, 0.1) is 17.6 Å². The number of anilines is 1. The van der Waals surface area contributed by atoms with Gasteiger partial charge in [0.25, 0.3) is 0 Å². The molecule has 0 spiro atoms. The van der Waals surface area contributed by atoms with Gasteiger partial charge in [-0.1, -0.05) is 13.0 Å². The molecule has 88 valence electrons. The highest BCUT2D eigenvalue weighted by Crippen LogP contribution is 2.18. The van der Waals surface area contributed by atoms with Gasteiger partial charge in [-0.05, 0) is 19.2 Å². The van der Waals surface area contributed by atoms with Crippen LogP contribution in [0.25, 0.3) is 0 Å². The lowest BCUT2D eigenvalue weighted by molar-refractivity contribution is -0.119. The molecule has 5 heteroatoms. The summed E-state index contributed by atoms with van der Waals surface area (Å²) < 4.78 is 26.4. The molecule has 16 heavy (non-hydrogen) atoms. The van der Waals surface area contributed by atoms with Crippen LogP contribution < -0.4 is 10.6 Å². The maximum Gasteiger partial charge on any atom is 0.228 e. The first kappa shape index (κ1) is 12.6. The van der Waals surface area contributed by atoms with Crippen molar-refractivity contribution in [2.75, 3.05) is 18.9 Å². The fraction of sp³-hybridized carbons (Fsp3) is 0.364. The summed E-state index contributed by atoms with van der Waals surface area (Å²) in [5.74, 6) is -2.32. The van der Waals surface area contributed by atoms with Gasteiger partial charge in [0.1, 0.15) is 17.3 Å². The van der Waals surface area contributed by atoms with E-state index in [1.165, 1.54) is 6.07 Å². The number of nitrogens with one attached hydrogen (secondary N) is 2. The van der Waals surface area contributed by atoms with Gasteiger partial charge in [0, 0.05) is 12.5 Å². The maximum atomic E-state index is 13.2. The van der Waals surface area contributed by atoms with Gasteiger partial charge < -0.3 is 10.6 Å². The van der Waals surface area contributed by atoms with E-state index in [2.05, 4.69) is 10.6 Å². The second-order valence-corrected chi connectivity index (χ2v) is 3.54. The van der Waals surface area contributed by atoms with E-state index < -0.39 is 23.2 Å². The fourth-order valence-corrected chi connectivity index (χ4v) is 1.26. The van der Waals surface area contributed by atoms with Crippen molar-refractivity contribution in [3.63, 3.8) is 0 Å². The summed E-state index contributed by atoms with van der Waals surface area (Å²) in [7, 11) is 1.70. The van der Waals surface area contributed by atoms with Crippen LogP contribution in [0.3, 0.4) is 0 Å². The van der Waals surface area contributed by atoms with Crippen LogP contribution in [-0.4, -0.2) is 19.5 Å². The van der Waals surface area contributed by atoms with Crippen LogP contribution in [-0.2, 0) is 4.79 Å². The van der Waals surface area contributed by atoms with Gasteiger partial charge in [-0.25, -0.2) is 8.78 Å². The Bertz CT molecular complexity index is 362. The van der Waals surface area contributed by atoms with Crippen LogP contribution in [0.15, 0.2) is 18.2 Å². The smallest absolute Gasteiger partial charge is 0.228 e. The number of carbonyl (C=O) groups is 1. The highest BCUT2D eigenvalue weighted by Gasteiger charge is 2.16. The first-order valence-corrected chi connectivity index (χ1v) is 4.95. The highest BCUT2D eigenvalue weighted by atomic mass is 19.1. The monoisotopic (exact) mass is 228 g/mol. The Hall–Kier alpha value is -1.49. The summed E-state index contributed by atoms with van der Waals surface area (Å²) in [5, 5.41) is 5.05. The largest absolute Gasteiger partial charge is 0.321 e. The Morgan fingerprint density at radius 2 is 1.94 bits per heavy atom. The number of hydrogen-bond acceptors (Lipinski definition) is 2. The van der Waals surface area contributed by atoms with Crippen LogP contribution >= 0.6 is 0 Å². The molecule has 1 unspecified atom stereocenters. The molecule has 0 saturated heterocycles. The molecule has 0 heterocycles. The van der Waals surface area contributed by atoms with Gasteiger partial charge in [0.05, 0.1) is 0 Å². The van der Waals surface area contributed by atoms with E-state index >= 15 is 0 Å². The molecular weight excluding hydrogens is 214 g/mol. The van der Waals surface area contributed by atoms with E-state index in [1.807, 2.05) is 0 Å². The van der Waals surface area contributed by atoms with E-state index in [4.69, 9.17) is 0 Å². The summed E-state index contributed by atoms with van der Waals surface area (Å²) in [5.41, 5.74) is -0.393. The molecule has 0 aliphatic rings. The standard InChI is InChI=1S/C11H14F2N2O/c1-7(6-14-2)11(16)15-10-8(12)4-3-5-9(10)13/h3-5,7,14H,6H2,1-2H3,(H,15,16). The third kappa shape index (κ3) is 3.00. The minimum atomic E-state index is -0.773. The lowest BCUT2D eigenvalue weighted by Gasteiger charge is -2.12. The van der Waals surface area contributed by atoms with Gasteiger partial charge in [0.15, 0.2) is 0 Å². The van der Waals surface area contributed by atoms with Crippen molar-refractivity contribution in [1.82, 2.24) is 5.32 Å². The van der Waals surface area contributed by atoms with Crippen molar-refractivity contribution in [3.8, 4) is 0 Å². The number of amides is 1. The Kier molecular flexibility index (Phi) is 4.37. The number of para-hydroxylation sites is 1. The molecule has 1 aromatic rings. The summed E-state index contributed by atoms with van der Waals surface area (Å²) in [4.78, 5) is 11.5. The van der Waals surface area contributed by atoms with E-state index in [1.54, 1.807) is 14.0 Å². The molecule has 2 N–H and O–H groups in total. The van der Waals surface area contributed by atoms with Gasteiger partial charge >= 0.3 is 0 Å². The molecule has 0 radical (unpaired) electrons. The molecule has 1 atom stereocenters. The maximum absolute atomic E-state index is 13.2. The van der Waals surface area contributed by atoms with Crippen LogP contribution in [0.1, 0.15) is 6.92 Å². The minimum absolute atomic E-state index is 0.357. The zero-order valence-electron chi connectivity index (χ0n) is 9.18. The molecular formula is C11H14F2N2O. The lowest BCUT2D eigenvalue weighted by atomic mass is 10.1. The number of benzene rings is 1. The van der Waals surface area contributed by atoms with E-state index in [-0.39, 0.29) is 5.92 Å². The van der Waals surface area contributed by atoms with Gasteiger partial charge in [-0.3, -0.25) is 4.79 Å². The van der Waals surface area contributed by atoms with Crippen LogP contribution in [0.4, 0.5) is 14.5 Å². The predicted octanol–water partition coefficient (Wildman–Crippen LogP) is 1.76. The Morgan fingerprint density at radius 1 is 1.38 bits per heavy atom. The van der Waals surface area contributed by atoms with Crippen molar-refractivity contribution >= 4 is 11.6 Å². The first-order valence-electron chi connectivity index (χ1n) is 4.95. The molecule has 0 bridgehead atoms. The average Bonchev–Trinajstić information content (AvgIpc) is 2.23. The molecule has 1 amide bonds. The van der Waals surface area contributed by atoms with E-state index in [0.717, 1.165) is 12.1 Å². The van der Waals surface area contributed by atoms with Gasteiger partial charge in [-0.2, -0.15) is 0 Å². The molecule has 0 aliphatic carbocycles. The molecule has 0 aromatic heterocycles. The molecule has 3 nitrogen and oxygen atoms in total. The topological polar surface area (TPSA) is 41.1 Å². The zero-order chi connectivity index (χ0) is 12.1. The Balaban J connectivity index is 2.77. The zero-order valence-corrected chi connectivity index (χ0v) is 9.18. The van der Waals surface area contributed by atoms with Crippen molar-refractivity contribution in [2.45, 2.75) is 6.92 Å². The van der Waals surface area contributed by atoms with Gasteiger partial charge in [0.2, 0.25) is 5.91 Å². The second-order valence-electron chi connectivity index (χ2n) is 3.54. The minimum Gasteiger partial charge on any atom is -0.321 e. The summed E-state index contributed by atoms with van der Waals surface area (Å²) in [6.45, 7) is 2.12. The molecule has 0 saturated carbocycles.